The van der Waals surface area contributed by atoms with Crippen molar-refractivity contribution in [3.05, 3.63) is 22.6 Å². The number of hydrogen-bond acceptors (Lipinski definition) is 8. The number of nitrogens with one attached hydrogen (secondary N) is 1. The van der Waals surface area contributed by atoms with Crippen LogP contribution < -0.4 is 11.3 Å². The fraction of sp³-hybridized carbons (Fsp3) is 0.529. The maximum absolute atomic E-state index is 15.7. The summed E-state index contributed by atoms with van der Waals surface area (Å²) in [5, 5.41) is 28.0. The van der Waals surface area contributed by atoms with Crippen LogP contribution in [0.1, 0.15) is 27.0 Å². The molecule has 6 N–H and O–H groups in total. The third-order valence-electron chi connectivity index (χ3n) is 3.98. The first-order valence-electron chi connectivity index (χ1n) is 8.40. The van der Waals surface area contributed by atoms with Gasteiger partial charge in [0.15, 0.2) is 11.9 Å². The van der Waals surface area contributed by atoms with Crippen molar-refractivity contribution in [3.8, 4) is 11.8 Å². The highest BCUT2D eigenvalue weighted by Crippen LogP contribution is 2.34. The summed E-state index contributed by atoms with van der Waals surface area (Å²) in [5.41, 5.74) is 2.51. The number of aromatic nitrogens is 3. The van der Waals surface area contributed by atoms with Gasteiger partial charge in [0.25, 0.3) is 12.0 Å². The third-order valence-corrected chi connectivity index (χ3v) is 3.98. The smallest absolute Gasteiger partial charge is 0.266 e. The molecule has 0 saturated carbocycles. The zero-order valence-electron chi connectivity index (χ0n) is 15.6. The van der Waals surface area contributed by atoms with E-state index >= 15 is 4.39 Å². The number of aromatic amines is 1. The fourth-order valence-electron chi connectivity index (χ4n) is 2.69. The van der Waals surface area contributed by atoms with Gasteiger partial charge in [-0.3, -0.25) is 9.78 Å². The Morgan fingerprint density at radius 3 is 2.68 bits per heavy atom. The van der Waals surface area contributed by atoms with E-state index in [1.807, 2.05) is 0 Å². The molecule has 0 spiro atoms. The molecular formula is C17H23FN4O6. The summed E-state index contributed by atoms with van der Waals surface area (Å²) in [6.45, 7) is 1.75. The maximum Gasteiger partial charge on any atom is 0.266 e. The zero-order chi connectivity index (χ0) is 21.1. The second-order valence-corrected chi connectivity index (χ2v) is 6.19. The highest BCUT2D eigenvalue weighted by Gasteiger charge is 2.45. The monoisotopic (exact) mass is 398 g/mol. The second kappa shape index (κ2) is 8.68. The van der Waals surface area contributed by atoms with Gasteiger partial charge < -0.3 is 35.1 Å². The van der Waals surface area contributed by atoms with Gasteiger partial charge in [0, 0.05) is 6.20 Å². The molecule has 0 aliphatic rings. The first-order valence-corrected chi connectivity index (χ1v) is 8.40. The van der Waals surface area contributed by atoms with Crippen LogP contribution in [0.25, 0.3) is 11.0 Å². The minimum atomic E-state index is -2.59. The number of fused-ring (bicyclic) bond motifs is 1. The molecule has 10 nitrogen and oxygen atoms in total. The van der Waals surface area contributed by atoms with Gasteiger partial charge in [0.1, 0.15) is 6.10 Å². The Morgan fingerprint density at radius 2 is 2.11 bits per heavy atom. The standard InChI is InChI=1S/C17H23FN4O6/c1-4-6-17(18,10(3)23)14(27-8-9(2)28-16(25)26)22-7-5-11-12(22)20-15(19)21-13(11)24/h5,7,9-10,14,16,23,25-26H,8H2,1-3H3,(H3,19,20,21,24)/t9-,10?,14+,17?/m0/s1. The van der Waals surface area contributed by atoms with E-state index < -0.39 is 36.1 Å². The number of rotatable bonds is 8. The van der Waals surface area contributed by atoms with Crippen LogP contribution in [0.15, 0.2) is 17.1 Å². The Morgan fingerprint density at radius 1 is 1.43 bits per heavy atom. The minimum absolute atomic E-state index is 0.0302. The number of nitrogens with zero attached hydrogens (tertiary/aromatic N) is 2. The molecule has 2 aromatic heterocycles. The summed E-state index contributed by atoms with van der Waals surface area (Å²) >= 11 is 0. The number of aliphatic hydroxyl groups is 3. The van der Waals surface area contributed by atoms with Crippen molar-refractivity contribution in [1.82, 2.24) is 14.5 Å². The minimum Gasteiger partial charge on any atom is -0.389 e. The van der Waals surface area contributed by atoms with Gasteiger partial charge in [-0.25, -0.2) is 4.39 Å². The topological polar surface area (TPSA) is 156 Å². The molecule has 2 heterocycles. The number of halogens is 1. The number of H-pyrrole nitrogens is 1. The van der Waals surface area contributed by atoms with Gasteiger partial charge in [0.2, 0.25) is 11.6 Å². The van der Waals surface area contributed by atoms with Gasteiger partial charge in [-0.1, -0.05) is 5.92 Å². The Hall–Kier alpha value is -2.49. The number of ether oxygens (including phenoxy) is 2. The van der Waals surface area contributed by atoms with Crippen molar-refractivity contribution in [2.24, 2.45) is 0 Å². The van der Waals surface area contributed by atoms with Crippen molar-refractivity contribution < 1.29 is 29.2 Å². The second-order valence-electron chi connectivity index (χ2n) is 6.19. The SMILES string of the molecule is CC#CC(F)(C(C)O)[C@@H](OC[C@H](C)OC(O)O)n1ccc2c(=O)[nH]c(N)nc21. The van der Waals surface area contributed by atoms with Crippen molar-refractivity contribution in [2.45, 2.75) is 51.4 Å². The van der Waals surface area contributed by atoms with Gasteiger partial charge in [-0.15, -0.1) is 5.92 Å². The molecular weight excluding hydrogens is 375 g/mol. The average molecular weight is 398 g/mol. The highest BCUT2D eigenvalue weighted by molar-refractivity contribution is 5.76. The van der Waals surface area contributed by atoms with E-state index in [-0.39, 0.29) is 23.6 Å². The van der Waals surface area contributed by atoms with Crippen molar-refractivity contribution in [2.75, 3.05) is 12.3 Å². The zero-order valence-corrected chi connectivity index (χ0v) is 15.6. The number of nitrogen functional groups attached to an aromatic ring is 1. The number of alkyl halides is 1. The van der Waals surface area contributed by atoms with Crippen LogP contribution in [0.5, 0.6) is 0 Å². The van der Waals surface area contributed by atoms with Crippen molar-refractivity contribution in [1.29, 1.82) is 0 Å². The van der Waals surface area contributed by atoms with E-state index in [0.717, 1.165) is 0 Å². The number of aliphatic hydroxyl groups excluding tert-OH is 2. The third kappa shape index (κ3) is 4.49. The van der Waals surface area contributed by atoms with E-state index in [9.17, 15) is 9.90 Å². The normalized spacial score (nSPS) is 17.0. The first kappa shape index (κ1) is 21.8. The average Bonchev–Trinajstić information content (AvgIpc) is 2.98. The van der Waals surface area contributed by atoms with Crippen LogP contribution in [0.3, 0.4) is 0 Å². The predicted molar refractivity (Wildman–Crippen MR) is 97.5 cm³/mol. The molecule has 0 bridgehead atoms. The Balaban J connectivity index is 2.55. The lowest BCUT2D eigenvalue weighted by Gasteiger charge is -2.33. The Labute approximate surface area is 159 Å². The van der Waals surface area contributed by atoms with Gasteiger partial charge >= 0.3 is 0 Å². The van der Waals surface area contributed by atoms with Crippen LogP contribution >= 0.6 is 0 Å². The van der Waals surface area contributed by atoms with E-state index in [2.05, 4.69) is 21.8 Å². The number of anilines is 1. The number of nitrogens with two attached hydrogens (primary N) is 1. The Kier molecular flexibility index (Phi) is 6.76. The summed E-state index contributed by atoms with van der Waals surface area (Å²) in [7, 11) is 0. The lowest BCUT2D eigenvalue weighted by molar-refractivity contribution is -0.264. The van der Waals surface area contributed by atoms with E-state index in [1.54, 1.807) is 0 Å². The van der Waals surface area contributed by atoms with Gasteiger partial charge in [-0.05, 0) is 26.8 Å². The molecule has 0 amide bonds. The molecule has 2 aromatic rings. The van der Waals surface area contributed by atoms with Crippen LogP contribution in [0, 0.1) is 11.8 Å². The van der Waals surface area contributed by atoms with Crippen LogP contribution in [-0.2, 0) is 9.47 Å². The summed E-state index contributed by atoms with van der Waals surface area (Å²) in [4.78, 5) is 18.4. The lowest BCUT2D eigenvalue weighted by Crippen LogP contribution is -2.45. The fourth-order valence-corrected chi connectivity index (χ4v) is 2.69. The summed E-state index contributed by atoms with van der Waals surface area (Å²) in [6.07, 6.45) is -2.61. The number of hydrogen-bond donors (Lipinski definition) is 5. The maximum atomic E-state index is 15.7. The molecule has 0 saturated heterocycles. The molecule has 154 valence electrons. The van der Waals surface area contributed by atoms with Crippen LogP contribution in [0.2, 0.25) is 0 Å². The molecule has 0 aliphatic heterocycles. The molecule has 4 atom stereocenters. The van der Waals surface area contributed by atoms with Crippen LogP contribution in [-0.4, -0.2) is 60.8 Å². The molecule has 0 aliphatic carbocycles. The van der Waals surface area contributed by atoms with Crippen LogP contribution in [0.4, 0.5) is 10.3 Å². The predicted octanol–water partition coefficient (Wildman–Crippen LogP) is -0.392. The summed E-state index contributed by atoms with van der Waals surface area (Å²) in [5.74, 6) is 4.55. The molecule has 0 fully saturated rings. The molecule has 2 rings (SSSR count). The molecule has 0 aromatic carbocycles. The van der Waals surface area contributed by atoms with Crippen molar-refractivity contribution >= 4 is 17.0 Å². The summed E-state index contributed by atoms with van der Waals surface area (Å²) in [6, 6.07) is 1.40. The van der Waals surface area contributed by atoms with Gasteiger partial charge in [0.05, 0.1) is 18.1 Å². The van der Waals surface area contributed by atoms with E-state index in [0.29, 0.717) is 0 Å². The molecule has 2 unspecified atom stereocenters. The highest BCUT2D eigenvalue weighted by atomic mass is 19.1. The summed E-state index contributed by atoms with van der Waals surface area (Å²) < 4.78 is 27.3. The molecule has 0 radical (unpaired) electrons. The molecule has 28 heavy (non-hydrogen) atoms. The quantitative estimate of drug-likeness (QED) is 0.297. The van der Waals surface area contributed by atoms with Crippen molar-refractivity contribution in [3.63, 3.8) is 0 Å². The lowest BCUT2D eigenvalue weighted by atomic mass is 9.98. The molecule has 11 heteroatoms. The van der Waals surface area contributed by atoms with E-state index in [1.165, 1.54) is 37.6 Å². The largest absolute Gasteiger partial charge is 0.389 e. The van der Waals surface area contributed by atoms with E-state index in [4.69, 9.17) is 25.4 Å². The Bertz CT molecular complexity index is 931. The van der Waals surface area contributed by atoms with Gasteiger partial charge in [-0.2, -0.15) is 4.98 Å². The first-order chi connectivity index (χ1) is 13.1.